The molecule has 0 saturated carbocycles. The van der Waals surface area contributed by atoms with Crippen LogP contribution in [0.5, 0.6) is 0 Å². The molecule has 0 atom stereocenters. The number of quaternary nitrogens is 1. The molecule has 0 aromatic rings. The van der Waals surface area contributed by atoms with Gasteiger partial charge in [0.25, 0.3) is 0 Å². The first-order valence-electron chi connectivity index (χ1n) is 5.34. The molecule has 0 aromatic heterocycles. The summed E-state index contributed by atoms with van der Waals surface area (Å²) in [5.74, 6) is 0. The van der Waals surface area contributed by atoms with Crippen LogP contribution in [0.4, 0.5) is 0 Å². The van der Waals surface area contributed by atoms with Crippen molar-refractivity contribution in [3.8, 4) is 0 Å². The van der Waals surface area contributed by atoms with Gasteiger partial charge in [-0.15, -0.1) is 0 Å². The van der Waals surface area contributed by atoms with E-state index < -0.39 is 0 Å². The summed E-state index contributed by atoms with van der Waals surface area (Å²) in [6.07, 6.45) is 0. The molecule has 0 aliphatic heterocycles. The summed E-state index contributed by atoms with van der Waals surface area (Å²) in [6.45, 7) is 41.5. The van der Waals surface area contributed by atoms with Crippen molar-refractivity contribution >= 4 is 0 Å². The summed E-state index contributed by atoms with van der Waals surface area (Å²) < 4.78 is 38.8. The summed E-state index contributed by atoms with van der Waals surface area (Å²) in [5.41, 5.74) is 0. The molecule has 122 valence electrons. The van der Waals surface area contributed by atoms with Crippen molar-refractivity contribution in [1.82, 2.24) is 0 Å². The van der Waals surface area contributed by atoms with Gasteiger partial charge in [0, 0.05) is 17.4 Å². The molecule has 0 N–H and O–H groups in total. The van der Waals surface area contributed by atoms with Crippen LogP contribution in [-0.4, -0.2) is 30.7 Å². The van der Waals surface area contributed by atoms with Crippen LogP contribution in [0.3, 0.4) is 0 Å². The van der Waals surface area contributed by atoms with Gasteiger partial charge in [-0.2, -0.15) is 0 Å². The van der Waals surface area contributed by atoms with E-state index >= 15 is 0 Å². The zero-order valence-corrected chi connectivity index (χ0v) is 14.4. The van der Waals surface area contributed by atoms with Crippen molar-refractivity contribution in [3.63, 3.8) is 0 Å². The molecular weight excluding hydrogens is 328 g/mol. The third-order valence-corrected chi connectivity index (χ3v) is 2.68. The van der Waals surface area contributed by atoms with Gasteiger partial charge in [0.2, 0.25) is 0 Å². The van der Waals surface area contributed by atoms with Gasteiger partial charge in [0.15, 0.2) is 0 Å². The summed E-state index contributed by atoms with van der Waals surface area (Å²) >= 11 is 0. The molecule has 22 heavy (non-hydrogen) atoms. The molecule has 0 amide bonds. The molecule has 0 fully saturated rings. The monoisotopic (exact) mass is 348 g/mol. The molecule has 0 aromatic carbocycles. The van der Waals surface area contributed by atoms with Crippen LogP contribution in [0, 0.1) is 45.1 Å². The second kappa shape index (κ2) is 91.1. The Morgan fingerprint density at radius 3 is 0.636 bits per heavy atom. The van der Waals surface area contributed by atoms with Crippen LogP contribution in [0.25, 0.3) is 0 Å². The maximum absolute atomic E-state index is 7.50. The molecule has 0 unspecified atom stereocenters. The number of hydrogen-bond donors (Lipinski definition) is 0. The van der Waals surface area contributed by atoms with Gasteiger partial charge in [0.1, 0.15) is 0 Å². The van der Waals surface area contributed by atoms with E-state index in [1.165, 1.54) is 30.7 Å². The predicted molar refractivity (Wildman–Crippen MR) is 67.0 cm³/mol. The van der Waals surface area contributed by atoms with E-state index in [0.29, 0.717) is 0 Å². The average Bonchev–Trinajstić information content (AvgIpc) is 2.67. The number of hydrogen-bond acceptors (Lipinski definition) is 1. The van der Waals surface area contributed by atoms with Crippen LogP contribution in [0.2, 0.25) is 0 Å². The summed E-state index contributed by atoms with van der Waals surface area (Å²) in [4.78, 5) is 0. The fourth-order valence-electron chi connectivity index (χ4n) is 1.34. The molecular formula is C14H20CrN2O5. The van der Waals surface area contributed by atoms with Gasteiger partial charge in [-0.05, 0) is 27.7 Å². The van der Waals surface area contributed by atoms with Crippen molar-refractivity contribution in [2.45, 2.75) is 27.7 Å². The zero-order chi connectivity index (χ0) is 19.3. The maximum atomic E-state index is 7.50. The molecule has 7 nitrogen and oxygen atoms in total. The molecule has 0 spiro atoms. The summed E-state index contributed by atoms with van der Waals surface area (Å²) in [5, 5.41) is 6.25. The Labute approximate surface area is 144 Å². The maximum Gasteiger partial charge on any atom is 0 e. The minimum absolute atomic E-state index is 0. The largest absolute Gasteiger partial charge is 0 e. The van der Waals surface area contributed by atoms with Crippen LogP contribution < -0.4 is 0 Å². The van der Waals surface area contributed by atoms with Crippen LogP contribution in [0.1, 0.15) is 27.7 Å². The minimum Gasteiger partial charge on any atom is 0 e. The van der Waals surface area contributed by atoms with Crippen LogP contribution in [0.15, 0.2) is 0 Å². The second-order valence-corrected chi connectivity index (χ2v) is 2.61. The van der Waals surface area contributed by atoms with Gasteiger partial charge < -0.3 is 16.3 Å². The molecule has 0 rings (SSSR count). The van der Waals surface area contributed by atoms with Crippen LogP contribution >= 0.6 is 0 Å². The predicted octanol–water partition coefficient (Wildman–Crippen LogP) is 1.79. The van der Waals surface area contributed by atoms with Crippen LogP contribution in [-0.2, 0) is 40.6 Å². The molecule has 0 heterocycles. The van der Waals surface area contributed by atoms with E-state index in [-0.39, 0.29) is 17.4 Å². The normalized spacial score (nSPS) is 5.45. The average molecular weight is 348 g/mol. The van der Waals surface area contributed by atoms with E-state index in [1.54, 1.807) is 0 Å². The van der Waals surface area contributed by atoms with Gasteiger partial charge in [-0.3, -0.25) is 0 Å². The number of rotatable bonds is 4. The molecule has 0 aliphatic rings. The van der Waals surface area contributed by atoms with Crippen molar-refractivity contribution in [3.05, 3.63) is 39.8 Å². The van der Waals surface area contributed by atoms with E-state index in [4.69, 9.17) is 35.1 Å². The SMILES string of the molecule is CC[N+](CC)(CC)CC.[C-]#N.[C-]#[O+].[C-]#[O+].[C-]#[O+].[C-]#[O+].[C-]#[O+].[Cr]. The van der Waals surface area contributed by atoms with Gasteiger partial charge in [-0.25, -0.2) is 0 Å². The van der Waals surface area contributed by atoms with Crippen molar-refractivity contribution in [1.29, 1.82) is 5.26 Å². The quantitative estimate of drug-likeness (QED) is 0.429. The Kier molecular flexibility index (Phi) is 206. The third kappa shape index (κ3) is 51.2. The summed E-state index contributed by atoms with van der Waals surface area (Å²) in [6, 6.07) is 0. The van der Waals surface area contributed by atoms with E-state index in [2.05, 4.69) is 60.9 Å². The first kappa shape index (κ1) is 49.8. The van der Waals surface area contributed by atoms with Gasteiger partial charge in [-0.1, -0.05) is 0 Å². The molecule has 0 saturated heterocycles. The van der Waals surface area contributed by atoms with Crippen molar-refractivity contribution in [2.75, 3.05) is 26.2 Å². The molecule has 0 radical (unpaired) electrons. The standard InChI is InChI=1S/C8H20N.CN.5CO.Cr/c1-5-9(6-2,7-3)8-4;6*1-2;/h5-8H2,1-4H3;;;;;;;/q+1;-1;;;;;;. The Morgan fingerprint density at radius 1 is 0.545 bits per heavy atom. The van der Waals surface area contributed by atoms with Gasteiger partial charge >= 0.3 is 56.5 Å². The van der Waals surface area contributed by atoms with Gasteiger partial charge in [0.05, 0.1) is 26.2 Å². The molecule has 8 heteroatoms. The molecule has 0 bridgehead atoms. The zero-order valence-electron chi connectivity index (χ0n) is 13.2. The second-order valence-electron chi connectivity index (χ2n) is 2.61. The summed E-state index contributed by atoms with van der Waals surface area (Å²) in [7, 11) is 0. The van der Waals surface area contributed by atoms with Crippen molar-refractivity contribution < 1.29 is 45.1 Å². The fourth-order valence-corrected chi connectivity index (χ4v) is 1.34. The Balaban J connectivity index is -0.0000000214. The third-order valence-electron chi connectivity index (χ3n) is 2.68. The first-order chi connectivity index (χ1) is 10.2. The van der Waals surface area contributed by atoms with Crippen molar-refractivity contribution in [2.24, 2.45) is 0 Å². The topological polar surface area (TPSA) is 123 Å². The Hall–Kier alpha value is -1.32. The Morgan fingerprint density at radius 2 is 0.636 bits per heavy atom. The smallest absolute Gasteiger partial charge is 0 e. The number of nitrogens with zero attached hydrogens (tertiary/aromatic N) is 2. The van der Waals surface area contributed by atoms with E-state index in [0.717, 1.165) is 0 Å². The minimum atomic E-state index is 0. The fraction of sp³-hybridized carbons (Fsp3) is 0.571. The van der Waals surface area contributed by atoms with E-state index in [1.807, 2.05) is 0 Å². The molecule has 0 aliphatic carbocycles. The Bertz CT molecular complexity index is 202. The van der Waals surface area contributed by atoms with E-state index in [9.17, 15) is 0 Å². The first-order valence-corrected chi connectivity index (χ1v) is 5.34.